The van der Waals surface area contributed by atoms with Crippen molar-refractivity contribution in [1.29, 1.82) is 0 Å². The van der Waals surface area contributed by atoms with Crippen LogP contribution < -0.4 is 10.6 Å². The molecule has 11 rings (SSSR count). The molecule has 3 unspecified atom stereocenters. The maximum Gasteiger partial charge on any atom is 0.0286 e. The minimum Gasteiger partial charge on any atom is -0.310 e. The van der Waals surface area contributed by atoms with Crippen molar-refractivity contribution in [2.45, 2.75) is 152 Å². The van der Waals surface area contributed by atoms with Crippen molar-refractivity contribution < 1.29 is 0 Å². The minimum atomic E-state index is -0.149. The molecule has 3 atom stereocenters. The topological polar surface area (TPSA) is 24.1 Å². The van der Waals surface area contributed by atoms with Crippen LogP contribution in [0.15, 0.2) is 18.2 Å². The molecule has 10 fully saturated rings. The third-order valence-electron chi connectivity index (χ3n) is 15.4. The van der Waals surface area contributed by atoms with Crippen LogP contribution in [0.1, 0.15) is 140 Å². The predicted molar refractivity (Wildman–Crippen MR) is 190 cm³/mol. The van der Waals surface area contributed by atoms with E-state index in [2.05, 4.69) is 58.8 Å². The molecule has 1 aromatic rings. The van der Waals surface area contributed by atoms with Gasteiger partial charge in [0.15, 0.2) is 0 Å². The Bertz CT molecular complexity index is 1120. The normalized spacial score (nSPS) is 46.1. The highest BCUT2D eigenvalue weighted by Gasteiger charge is 2.69. The highest BCUT2D eigenvalue weighted by Crippen LogP contribution is 2.78. The molecular weight excluding hydrogens is 570 g/mol. The van der Waals surface area contributed by atoms with E-state index in [0.29, 0.717) is 10.8 Å². The second-order valence-corrected chi connectivity index (χ2v) is 22.7. The zero-order chi connectivity index (χ0) is 29.9. The van der Waals surface area contributed by atoms with Crippen molar-refractivity contribution in [3.63, 3.8) is 0 Å². The molecule has 2 saturated heterocycles. The van der Waals surface area contributed by atoms with Crippen molar-refractivity contribution >= 4 is 17.2 Å². The monoisotopic (exact) mass is 632 g/mol. The van der Waals surface area contributed by atoms with Gasteiger partial charge in [-0.3, -0.25) is 0 Å². The van der Waals surface area contributed by atoms with Gasteiger partial charge in [-0.15, -0.1) is 9.24 Å². The summed E-state index contributed by atoms with van der Waals surface area (Å²) in [5.41, 5.74) is 6.41. The van der Waals surface area contributed by atoms with Crippen molar-refractivity contribution in [2.24, 2.45) is 46.3 Å². The van der Waals surface area contributed by atoms with E-state index < -0.39 is 0 Å². The van der Waals surface area contributed by atoms with Gasteiger partial charge in [0.05, 0.1) is 0 Å². The van der Waals surface area contributed by atoms with Crippen LogP contribution in [0.5, 0.6) is 0 Å². The van der Waals surface area contributed by atoms with E-state index in [0.717, 1.165) is 47.1 Å². The Morgan fingerprint density at radius 3 is 1.50 bits per heavy atom. The summed E-state index contributed by atoms with van der Waals surface area (Å²) in [7, 11) is 3.78. The fourth-order valence-corrected chi connectivity index (χ4v) is 18.7. The van der Waals surface area contributed by atoms with E-state index in [1.54, 1.807) is 49.7 Å². The van der Waals surface area contributed by atoms with Crippen molar-refractivity contribution in [3.05, 3.63) is 34.9 Å². The lowest BCUT2D eigenvalue weighted by Gasteiger charge is -2.72. The highest BCUT2D eigenvalue weighted by molar-refractivity contribution is 7.58. The van der Waals surface area contributed by atoms with Gasteiger partial charge in [0.25, 0.3) is 0 Å². The Morgan fingerprint density at radius 1 is 0.705 bits per heavy atom. The maximum absolute atomic E-state index is 4.06. The van der Waals surface area contributed by atoms with Gasteiger partial charge >= 0.3 is 0 Å². The molecule has 8 bridgehead atoms. The van der Waals surface area contributed by atoms with E-state index in [1.165, 1.54) is 83.5 Å². The molecule has 0 aromatic heterocycles. The van der Waals surface area contributed by atoms with Gasteiger partial charge in [-0.05, 0) is 190 Å². The van der Waals surface area contributed by atoms with Crippen LogP contribution in [0, 0.1) is 46.3 Å². The van der Waals surface area contributed by atoms with E-state index in [-0.39, 0.29) is 18.5 Å². The van der Waals surface area contributed by atoms with Crippen molar-refractivity contribution in [3.8, 4) is 0 Å². The van der Waals surface area contributed by atoms with Gasteiger partial charge in [0.2, 0.25) is 0 Å². The van der Waals surface area contributed by atoms with Gasteiger partial charge in [-0.2, -0.15) is 0 Å². The molecule has 2 nitrogen and oxygen atoms in total. The van der Waals surface area contributed by atoms with Crippen LogP contribution in [-0.2, 0) is 16.7 Å². The molecule has 8 saturated carbocycles. The molecule has 1 aromatic carbocycles. The summed E-state index contributed by atoms with van der Waals surface area (Å²) < 4.78 is 0. The predicted octanol–water partition coefficient (Wildman–Crippen LogP) is 9.89. The fourth-order valence-electron chi connectivity index (χ4n) is 14.4. The second-order valence-electron chi connectivity index (χ2n) is 19.2. The Kier molecular flexibility index (Phi) is 7.35. The van der Waals surface area contributed by atoms with Crippen molar-refractivity contribution in [1.82, 2.24) is 10.6 Å². The summed E-state index contributed by atoms with van der Waals surface area (Å²) >= 11 is 0. The molecule has 2 aliphatic heterocycles. The largest absolute Gasteiger partial charge is 0.310 e. The summed E-state index contributed by atoms with van der Waals surface area (Å²) in [5.74, 6) is 7.54. The van der Waals surface area contributed by atoms with Gasteiger partial charge in [-0.1, -0.05) is 46.9 Å². The van der Waals surface area contributed by atoms with Gasteiger partial charge in [0.1, 0.15) is 0 Å². The standard InChI is InChI=1S/C40H62N2P2/c1-37(2,3)33-8-9-34(32(18-33)25-44(35-6-4-10-41-35)36-7-5-11-42-36)40(43,38-19-26-12-27(20-38)14-28(13-26)21-38)39-22-29-15-30(23-39)17-31(16-29)24-39/h8-9,18,26-31,35-36,41-42H,4-7,10-17,19-25,43H2,1-3H3. The average molecular weight is 633 g/mol. The zero-order valence-electron chi connectivity index (χ0n) is 28.3. The Balaban J connectivity index is 1.22. The third-order valence-corrected chi connectivity index (χ3v) is 20.1. The van der Waals surface area contributed by atoms with Crippen LogP contribution in [0.2, 0.25) is 0 Å². The first-order valence-corrected chi connectivity index (χ1v) is 21.5. The summed E-state index contributed by atoms with van der Waals surface area (Å²) in [6, 6.07) is 8.22. The van der Waals surface area contributed by atoms with E-state index in [9.17, 15) is 0 Å². The summed E-state index contributed by atoms with van der Waals surface area (Å²) in [5, 5.41) is 8.36. The summed E-state index contributed by atoms with van der Waals surface area (Å²) in [6.45, 7) is 9.84. The SMILES string of the molecule is CC(C)(C)c1ccc(C(P)(C23CC4CC(CC(C4)C2)C3)C23CC4CC(CC(C4)C2)C3)c(CP(C2CCCN2)C2CCCN2)c1. The molecule has 0 amide bonds. The number of rotatable bonds is 7. The first-order valence-electron chi connectivity index (χ1n) is 19.3. The lowest BCUT2D eigenvalue weighted by atomic mass is 9.37. The highest BCUT2D eigenvalue weighted by atomic mass is 31.1. The molecule has 10 aliphatic rings. The molecule has 242 valence electrons. The van der Waals surface area contributed by atoms with Crippen LogP contribution in [0.25, 0.3) is 0 Å². The Labute approximate surface area is 273 Å². The lowest BCUT2D eigenvalue weighted by molar-refractivity contribution is -0.158. The van der Waals surface area contributed by atoms with Gasteiger partial charge in [0, 0.05) is 16.7 Å². The van der Waals surface area contributed by atoms with E-state index >= 15 is 0 Å². The van der Waals surface area contributed by atoms with E-state index in [4.69, 9.17) is 0 Å². The molecule has 0 spiro atoms. The summed E-state index contributed by atoms with van der Waals surface area (Å²) in [4.78, 5) is 0. The van der Waals surface area contributed by atoms with Crippen LogP contribution in [0.3, 0.4) is 0 Å². The van der Waals surface area contributed by atoms with Crippen LogP contribution in [0.4, 0.5) is 0 Å². The smallest absolute Gasteiger partial charge is 0.0286 e. The molecule has 4 heteroatoms. The molecular formula is C40H62N2P2. The zero-order valence-corrected chi connectivity index (χ0v) is 30.4. The maximum atomic E-state index is 4.06. The van der Waals surface area contributed by atoms with Crippen LogP contribution in [-0.4, -0.2) is 24.7 Å². The molecule has 8 aliphatic carbocycles. The fraction of sp³-hybridized carbons (Fsp3) is 0.850. The number of benzene rings is 1. The second kappa shape index (κ2) is 10.8. The molecule has 2 N–H and O–H groups in total. The molecule has 2 heterocycles. The van der Waals surface area contributed by atoms with Crippen LogP contribution >= 0.6 is 17.2 Å². The van der Waals surface area contributed by atoms with Gasteiger partial charge in [-0.25, -0.2) is 0 Å². The minimum absolute atomic E-state index is 0.149. The Hall–Kier alpha value is -0.0000000000000000555. The average Bonchev–Trinajstić information content (AvgIpc) is 3.69. The quantitative estimate of drug-likeness (QED) is 0.293. The number of hydrogen-bond donors (Lipinski definition) is 2. The molecule has 0 radical (unpaired) electrons. The number of nitrogens with one attached hydrogen (secondary N) is 2. The first kappa shape index (κ1) is 30.1. The molecule has 44 heavy (non-hydrogen) atoms. The van der Waals surface area contributed by atoms with E-state index in [1.807, 2.05) is 5.56 Å². The Morgan fingerprint density at radius 2 is 1.14 bits per heavy atom. The first-order chi connectivity index (χ1) is 21.1. The summed E-state index contributed by atoms with van der Waals surface area (Å²) in [6.07, 6.45) is 25.4. The third kappa shape index (κ3) is 4.67. The van der Waals surface area contributed by atoms with Crippen molar-refractivity contribution in [2.75, 3.05) is 13.1 Å². The number of hydrogen-bond acceptors (Lipinski definition) is 2. The lowest BCUT2D eigenvalue weighted by Crippen LogP contribution is -2.64. The van der Waals surface area contributed by atoms with Gasteiger partial charge < -0.3 is 10.6 Å².